The van der Waals surface area contributed by atoms with Crippen molar-refractivity contribution in [1.29, 1.82) is 0 Å². The molecule has 0 saturated heterocycles. The molecule has 96 valence electrons. The minimum absolute atomic E-state index is 0.352. The minimum Gasteiger partial charge on any atom is -0.389 e. The van der Waals surface area contributed by atoms with E-state index in [2.05, 4.69) is 20.1 Å². The molecule has 2 N–H and O–H groups in total. The largest absolute Gasteiger partial charge is 0.389 e. The maximum Gasteiger partial charge on any atom is 0.147 e. The van der Waals surface area contributed by atoms with E-state index in [1.54, 1.807) is 7.11 Å². The number of aliphatic hydroxyl groups excluding tert-OH is 1. The summed E-state index contributed by atoms with van der Waals surface area (Å²) in [5.41, 5.74) is 0. The van der Waals surface area contributed by atoms with Gasteiger partial charge in [-0.05, 0) is 12.8 Å². The third-order valence-electron chi connectivity index (χ3n) is 2.96. The van der Waals surface area contributed by atoms with Gasteiger partial charge in [0.2, 0.25) is 0 Å². The Morgan fingerprint density at radius 1 is 1.47 bits per heavy atom. The van der Waals surface area contributed by atoms with Crippen LogP contribution in [0.1, 0.15) is 24.5 Å². The summed E-state index contributed by atoms with van der Waals surface area (Å²) < 4.78 is 7.04. The van der Waals surface area contributed by atoms with Crippen molar-refractivity contribution in [2.45, 2.75) is 38.5 Å². The maximum absolute atomic E-state index is 9.49. The Labute approximate surface area is 101 Å². The Bertz CT molecular complexity index is 353. The monoisotopic (exact) mass is 240 g/mol. The summed E-state index contributed by atoms with van der Waals surface area (Å²) in [5.74, 6) is 2.05. The molecule has 1 atom stereocenters. The third-order valence-corrected chi connectivity index (χ3v) is 2.96. The fourth-order valence-corrected chi connectivity index (χ4v) is 2.10. The van der Waals surface area contributed by atoms with E-state index in [0.717, 1.165) is 24.6 Å². The lowest BCUT2D eigenvalue weighted by Gasteiger charge is -2.15. The van der Waals surface area contributed by atoms with Crippen LogP contribution in [-0.4, -0.2) is 46.2 Å². The first kappa shape index (κ1) is 12.5. The topological polar surface area (TPSA) is 72.2 Å². The Hall–Kier alpha value is -0.980. The number of ether oxygens (including phenoxy) is 1. The van der Waals surface area contributed by atoms with Gasteiger partial charge < -0.3 is 19.7 Å². The fourth-order valence-electron chi connectivity index (χ4n) is 2.10. The molecule has 2 rings (SSSR count). The van der Waals surface area contributed by atoms with Crippen molar-refractivity contribution in [3.8, 4) is 0 Å². The predicted octanol–water partition coefficient (Wildman–Crippen LogP) is -0.289. The van der Waals surface area contributed by atoms with Crippen LogP contribution >= 0.6 is 0 Å². The first-order valence-electron chi connectivity index (χ1n) is 6.10. The van der Waals surface area contributed by atoms with Crippen molar-refractivity contribution in [3.05, 3.63) is 11.6 Å². The number of rotatable bonds is 6. The van der Waals surface area contributed by atoms with Gasteiger partial charge in [-0.1, -0.05) is 0 Å². The number of aryl methyl sites for hydroxylation is 1. The molecule has 0 amide bonds. The van der Waals surface area contributed by atoms with Gasteiger partial charge in [0.15, 0.2) is 0 Å². The van der Waals surface area contributed by atoms with Crippen molar-refractivity contribution >= 4 is 0 Å². The summed E-state index contributed by atoms with van der Waals surface area (Å²) in [4.78, 5) is 0. The van der Waals surface area contributed by atoms with Crippen LogP contribution in [0.3, 0.4) is 0 Å². The summed E-state index contributed by atoms with van der Waals surface area (Å²) in [5, 5.41) is 21.0. The molecule has 6 nitrogen and oxygen atoms in total. The first-order chi connectivity index (χ1) is 8.31. The number of nitrogens with one attached hydrogen (secondary N) is 1. The highest BCUT2D eigenvalue weighted by molar-refractivity contribution is 4.98. The highest BCUT2D eigenvalue weighted by Gasteiger charge is 2.15. The second kappa shape index (κ2) is 6.09. The Kier molecular flexibility index (Phi) is 4.47. The fraction of sp³-hybridized carbons (Fsp3) is 0.818. The van der Waals surface area contributed by atoms with E-state index in [1.165, 1.54) is 12.8 Å². The lowest BCUT2D eigenvalue weighted by Crippen LogP contribution is -2.30. The Morgan fingerprint density at radius 3 is 3.18 bits per heavy atom. The van der Waals surface area contributed by atoms with Crippen molar-refractivity contribution in [3.63, 3.8) is 0 Å². The van der Waals surface area contributed by atoms with E-state index in [0.29, 0.717) is 19.7 Å². The zero-order chi connectivity index (χ0) is 12.1. The second-order valence-corrected chi connectivity index (χ2v) is 4.38. The molecular formula is C11H20N4O2. The average molecular weight is 240 g/mol. The van der Waals surface area contributed by atoms with Crippen LogP contribution in [0.25, 0.3) is 0 Å². The van der Waals surface area contributed by atoms with Gasteiger partial charge in [-0.3, -0.25) is 0 Å². The molecule has 1 aliphatic rings. The smallest absolute Gasteiger partial charge is 0.147 e. The first-order valence-corrected chi connectivity index (χ1v) is 6.10. The van der Waals surface area contributed by atoms with Crippen LogP contribution in [0.5, 0.6) is 0 Å². The number of methoxy groups -OCH3 is 1. The number of nitrogens with zero attached hydrogens (tertiary/aromatic N) is 3. The molecular weight excluding hydrogens is 220 g/mol. The third kappa shape index (κ3) is 3.24. The number of hydrogen-bond acceptors (Lipinski definition) is 5. The van der Waals surface area contributed by atoms with Gasteiger partial charge in [0.1, 0.15) is 11.6 Å². The van der Waals surface area contributed by atoms with Gasteiger partial charge in [0.25, 0.3) is 0 Å². The molecule has 1 aliphatic heterocycles. The summed E-state index contributed by atoms with van der Waals surface area (Å²) in [6.07, 6.45) is 2.96. The molecule has 17 heavy (non-hydrogen) atoms. The molecule has 1 aromatic rings. The summed E-state index contributed by atoms with van der Waals surface area (Å²) in [7, 11) is 1.58. The normalized spacial score (nSPS) is 16.8. The number of aliphatic hydroxyl groups is 1. The SMILES string of the molecule is COCC(O)CNCc1nnc2n1CCCC2. The maximum atomic E-state index is 9.49. The molecule has 0 saturated carbocycles. The van der Waals surface area contributed by atoms with E-state index in [1.807, 2.05) is 0 Å². The van der Waals surface area contributed by atoms with Gasteiger partial charge in [-0.25, -0.2) is 0 Å². The van der Waals surface area contributed by atoms with Crippen molar-refractivity contribution < 1.29 is 9.84 Å². The van der Waals surface area contributed by atoms with Crippen LogP contribution in [0.4, 0.5) is 0 Å². The molecule has 0 spiro atoms. The van der Waals surface area contributed by atoms with Crippen molar-refractivity contribution in [2.24, 2.45) is 0 Å². The number of aromatic nitrogens is 3. The summed E-state index contributed by atoms with van der Waals surface area (Å²) in [6, 6.07) is 0. The van der Waals surface area contributed by atoms with E-state index >= 15 is 0 Å². The zero-order valence-electron chi connectivity index (χ0n) is 10.2. The van der Waals surface area contributed by atoms with Gasteiger partial charge in [0, 0.05) is 26.6 Å². The lowest BCUT2D eigenvalue weighted by molar-refractivity contribution is 0.0642. The van der Waals surface area contributed by atoms with E-state index in [-0.39, 0.29) is 0 Å². The van der Waals surface area contributed by atoms with Gasteiger partial charge >= 0.3 is 0 Å². The molecule has 6 heteroatoms. The van der Waals surface area contributed by atoms with Crippen LogP contribution in [0, 0.1) is 0 Å². The second-order valence-electron chi connectivity index (χ2n) is 4.38. The summed E-state index contributed by atoms with van der Waals surface area (Å²) >= 11 is 0. The average Bonchev–Trinajstić information content (AvgIpc) is 2.73. The zero-order valence-corrected chi connectivity index (χ0v) is 10.2. The minimum atomic E-state index is -0.469. The van der Waals surface area contributed by atoms with E-state index in [9.17, 15) is 5.11 Å². The highest BCUT2D eigenvalue weighted by Crippen LogP contribution is 2.13. The van der Waals surface area contributed by atoms with Gasteiger partial charge in [-0.15, -0.1) is 10.2 Å². The van der Waals surface area contributed by atoms with Gasteiger partial charge in [-0.2, -0.15) is 0 Å². The molecule has 0 aliphatic carbocycles. The molecule has 0 bridgehead atoms. The van der Waals surface area contributed by atoms with Crippen LogP contribution in [0.15, 0.2) is 0 Å². The standard InChI is InChI=1S/C11H20N4O2/c1-17-8-9(16)6-12-7-11-14-13-10-4-2-3-5-15(10)11/h9,12,16H,2-8H2,1H3. The number of hydrogen-bond donors (Lipinski definition) is 2. The molecule has 0 aromatic carbocycles. The van der Waals surface area contributed by atoms with E-state index < -0.39 is 6.10 Å². The van der Waals surface area contributed by atoms with Crippen LogP contribution in [0.2, 0.25) is 0 Å². The molecule has 2 heterocycles. The van der Waals surface area contributed by atoms with Crippen LogP contribution in [-0.2, 0) is 24.2 Å². The quantitative estimate of drug-likeness (QED) is 0.715. The van der Waals surface area contributed by atoms with Crippen molar-refractivity contribution in [1.82, 2.24) is 20.1 Å². The van der Waals surface area contributed by atoms with E-state index in [4.69, 9.17) is 4.74 Å². The molecule has 0 fully saturated rings. The van der Waals surface area contributed by atoms with Crippen molar-refractivity contribution in [2.75, 3.05) is 20.3 Å². The Balaban J connectivity index is 1.81. The predicted molar refractivity (Wildman–Crippen MR) is 62.5 cm³/mol. The highest BCUT2D eigenvalue weighted by atomic mass is 16.5. The molecule has 1 unspecified atom stereocenters. The molecule has 1 aromatic heterocycles. The lowest BCUT2D eigenvalue weighted by atomic mass is 10.2. The number of fused-ring (bicyclic) bond motifs is 1. The summed E-state index contributed by atoms with van der Waals surface area (Å²) in [6.45, 7) is 2.52. The van der Waals surface area contributed by atoms with Gasteiger partial charge in [0.05, 0.1) is 19.3 Å². The molecule has 0 radical (unpaired) electrons. The Morgan fingerprint density at radius 2 is 2.35 bits per heavy atom. The van der Waals surface area contributed by atoms with Crippen LogP contribution < -0.4 is 5.32 Å².